The Morgan fingerprint density at radius 2 is 1.80 bits per heavy atom. The van der Waals surface area contributed by atoms with Crippen molar-refractivity contribution in [3.8, 4) is 0 Å². The number of likely N-dealkylation sites (tertiary alicyclic amines) is 1. The van der Waals surface area contributed by atoms with Gasteiger partial charge >= 0.3 is 0 Å². The molecule has 4 rings (SSSR count). The fraction of sp³-hybridized carbons (Fsp3) is 0.667. The van der Waals surface area contributed by atoms with Crippen LogP contribution >= 0.6 is 0 Å². The fourth-order valence-electron chi connectivity index (χ4n) is 5.19. The van der Waals surface area contributed by atoms with E-state index in [-0.39, 0.29) is 5.91 Å². The lowest BCUT2D eigenvalue weighted by atomic mass is 9.87. The number of hydrogen-bond donors (Lipinski definition) is 0. The molecule has 2 saturated heterocycles. The maximum Gasteiger partial charge on any atom is 0.219 e. The molecule has 0 aromatic heterocycles. The highest BCUT2D eigenvalue weighted by atomic mass is 16.2. The van der Waals surface area contributed by atoms with Crippen LogP contribution in [0.1, 0.15) is 43.9 Å². The van der Waals surface area contributed by atoms with Crippen LogP contribution < -0.4 is 0 Å². The molecular formula is C21H31N3O. The van der Waals surface area contributed by atoms with Gasteiger partial charge < -0.3 is 4.90 Å². The Labute approximate surface area is 151 Å². The van der Waals surface area contributed by atoms with Crippen molar-refractivity contribution in [2.45, 2.75) is 45.2 Å². The molecule has 4 heteroatoms. The van der Waals surface area contributed by atoms with E-state index in [9.17, 15) is 4.79 Å². The first kappa shape index (κ1) is 17.0. The van der Waals surface area contributed by atoms with Gasteiger partial charge in [-0.3, -0.25) is 14.6 Å². The summed E-state index contributed by atoms with van der Waals surface area (Å²) >= 11 is 0. The van der Waals surface area contributed by atoms with Gasteiger partial charge in [0.15, 0.2) is 0 Å². The molecule has 2 aliphatic heterocycles. The minimum absolute atomic E-state index is 0.222. The van der Waals surface area contributed by atoms with Crippen LogP contribution in [0.3, 0.4) is 0 Å². The fourth-order valence-corrected chi connectivity index (χ4v) is 5.19. The second kappa shape index (κ2) is 7.08. The lowest BCUT2D eigenvalue weighted by Crippen LogP contribution is -2.53. The number of hydrogen-bond acceptors (Lipinski definition) is 3. The lowest BCUT2D eigenvalue weighted by Gasteiger charge is -2.39. The summed E-state index contributed by atoms with van der Waals surface area (Å²) in [5.41, 5.74) is 3.13. The van der Waals surface area contributed by atoms with E-state index in [4.69, 9.17) is 0 Å². The van der Waals surface area contributed by atoms with Gasteiger partial charge in [0.2, 0.25) is 5.91 Å². The number of fused-ring (bicyclic) bond motifs is 1. The summed E-state index contributed by atoms with van der Waals surface area (Å²) in [7, 11) is 0. The van der Waals surface area contributed by atoms with Crippen molar-refractivity contribution in [2.24, 2.45) is 5.92 Å². The number of benzene rings is 1. The standard InChI is InChI=1S/C21H31N3O/c1-16-14-24(20-9-5-7-18-6-3-4-8-19(18)20)15-21(16)23-12-10-22(11-13-23)17(2)25/h3-4,6,8,16,20-21H,5,7,9-15H2,1-2H3/t16-,20-,21+/m0/s1. The number of amides is 1. The van der Waals surface area contributed by atoms with E-state index in [0.717, 1.165) is 26.2 Å². The molecule has 0 radical (unpaired) electrons. The Morgan fingerprint density at radius 1 is 1.04 bits per heavy atom. The topological polar surface area (TPSA) is 26.8 Å². The summed E-state index contributed by atoms with van der Waals surface area (Å²) in [6.07, 6.45) is 3.86. The van der Waals surface area contributed by atoms with Gasteiger partial charge in [-0.05, 0) is 36.3 Å². The third-order valence-corrected chi connectivity index (χ3v) is 6.61. The highest BCUT2D eigenvalue weighted by Crippen LogP contribution is 2.38. The number of carbonyl (C=O) groups is 1. The van der Waals surface area contributed by atoms with Gasteiger partial charge in [0.1, 0.15) is 0 Å². The average molecular weight is 341 g/mol. The van der Waals surface area contributed by atoms with Crippen LogP contribution in [0.5, 0.6) is 0 Å². The van der Waals surface area contributed by atoms with Crippen LogP contribution in [0.2, 0.25) is 0 Å². The van der Waals surface area contributed by atoms with Crippen molar-refractivity contribution < 1.29 is 4.79 Å². The first-order chi connectivity index (χ1) is 12.1. The summed E-state index contributed by atoms with van der Waals surface area (Å²) < 4.78 is 0. The van der Waals surface area contributed by atoms with Crippen LogP contribution in [0.4, 0.5) is 0 Å². The first-order valence-corrected chi connectivity index (χ1v) is 9.95. The molecule has 1 amide bonds. The molecule has 0 spiro atoms. The van der Waals surface area contributed by atoms with E-state index in [2.05, 4.69) is 41.0 Å². The van der Waals surface area contributed by atoms with E-state index >= 15 is 0 Å². The van der Waals surface area contributed by atoms with Crippen molar-refractivity contribution >= 4 is 5.91 Å². The zero-order valence-corrected chi connectivity index (χ0v) is 15.7. The number of carbonyl (C=O) groups excluding carboxylic acids is 1. The third-order valence-electron chi connectivity index (χ3n) is 6.61. The van der Waals surface area contributed by atoms with E-state index in [1.807, 2.05) is 4.90 Å². The molecule has 3 atom stereocenters. The molecule has 1 aromatic carbocycles. The summed E-state index contributed by atoms with van der Waals surface area (Å²) in [6.45, 7) is 10.3. The molecular weight excluding hydrogens is 310 g/mol. The van der Waals surface area contributed by atoms with Gasteiger partial charge in [0.05, 0.1) is 0 Å². The quantitative estimate of drug-likeness (QED) is 0.827. The van der Waals surface area contributed by atoms with Gasteiger partial charge in [-0.2, -0.15) is 0 Å². The van der Waals surface area contributed by atoms with Crippen LogP contribution in [-0.4, -0.2) is 65.9 Å². The monoisotopic (exact) mass is 341 g/mol. The van der Waals surface area contributed by atoms with E-state index < -0.39 is 0 Å². The SMILES string of the molecule is CC(=O)N1CCN([C@@H]2CN([C@H]3CCCc4ccccc43)C[C@@H]2C)CC1. The predicted octanol–water partition coefficient (Wildman–Crippen LogP) is 2.55. The average Bonchev–Trinajstić information content (AvgIpc) is 3.03. The van der Waals surface area contributed by atoms with E-state index in [0.29, 0.717) is 18.0 Å². The first-order valence-electron chi connectivity index (χ1n) is 9.95. The molecule has 1 aliphatic carbocycles. The molecule has 0 N–H and O–H groups in total. The Morgan fingerprint density at radius 3 is 2.56 bits per heavy atom. The Kier molecular flexibility index (Phi) is 4.83. The lowest BCUT2D eigenvalue weighted by molar-refractivity contribution is -0.130. The van der Waals surface area contributed by atoms with Gasteiger partial charge in [0.25, 0.3) is 0 Å². The van der Waals surface area contributed by atoms with Crippen molar-refractivity contribution in [3.63, 3.8) is 0 Å². The summed E-state index contributed by atoms with van der Waals surface area (Å²) in [4.78, 5) is 18.9. The third kappa shape index (κ3) is 3.34. The van der Waals surface area contributed by atoms with Gasteiger partial charge in [-0.15, -0.1) is 0 Å². The molecule has 0 unspecified atom stereocenters. The zero-order valence-electron chi connectivity index (χ0n) is 15.7. The molecule has 2 fully saturated rings. The van der Waals surface area contributed by atoms with Crippen molar-refractivity contribution in [2.75, 3.05) is 39.3 Å². The highest BCUT2D eigenvalue weighted by Gasteiger charge is 2.39. The van der Waals surface area contributed by atoms with Gasteiger partial charge in [0, 0.05) is 58.3 Å². The Balaban J connectivity index is 1.43. The summed E-state index contributed by atoms with van der Waals surface area (Å²) in [5, 5.41) is 0. The molecule has 4 nitrogen and oxygen atoms in total. The molecule has 3 aliphatic rings. The molecule has 1 aromatic rings. The molecule has 2 heterocycles. The maximum atomic E-state index is 11.6. The van der Waals surface area contributed by atoms with Crippen LogP contribution in [-0.2, 0) is 11.2 Å². The highest BCUT2D eigenvalue weighted by molar-refractivity contribution is 5.73. The molecule has 136 valence electrons. The van der Waals surface area contributed by atoms with Crippen LogP contribution in [0.25, 0.3) is 0 Å². The molecule has 0 saturated carbocycles. The van der Waals surface area contributed by atoms with Crippen LogP contribution in [0, 0.1) is 5.92 Å². The normalized spacial score (nSPS) is 31.1. The number of rotatable bonds is 2. The smallest absolute Gasteiger partial charge is 0.219 e. The van der Waals surface area contributed by atoms with Gasteiger partial charge in [-0.1, -0.05) is 31.2 Å². The van der Waals surface area contributed by atoms with Crippen LogP contribution in [0.15, 0.2) is 24.3 Å². The van der Waals surface area contributed by atoms with E-state index in [1.54, 1.807) is 18.1 Å². The minimum atomic E-state index is 0.222. The molecule has 25 heavy (non-hydrogen) atoms. The Hall–Kier alpha value is -1.39. The zero-order chi connectivity index (χ0) is 17.4. The summed E-state index contributed by atoms with van der Waals surface area (Å²) in [5.74, 6) is 0.928. The van der Waals surface area contributed by atoms with Crippen molar-refractivity contribution in [1.29, 1.82) is 0 Å². The number of piperazine rings is 1. The molecule has 0 bridgehead atoms. The maximum absolute atomic E-state index is 11.6. The largest absolute Gasteiger partial charge is 0.340 e. The van der Waals surface area contributed by atoms with E-state index in [1.165, 1.54) is 32.4 Å². The number of aryl methyl sites for hydroxylation is 1. The van der Waals surface area contributed by atoms with Crippen molar-refractivity contribution in [1.82, 2.24) is 14.7 Å². The number of nitrogens with zero attached hydrogens (tertiary/aromatic N) is 3. The second-order valence-electron chi connectivity index (χ2n) is 8.15. The summed E-state index contributed by atoms with van der Waals surface area (Å²) in [6, 6.07) is 10.3. The Bertz CT molecular complexity index is 623. The predicted molar refractivity (Wildman–Crippen MR) is 100 cm³/mol. The minimum Gasteiger partial charge on any atom is -0.340 e. The van der Waals surface area contributed by atoms with Crippen molar-refractivity contribution in [3.05, 3.63) is 35.4 Å². The van der Waals surface area contributed by atoms with Gasteiger partial charge in [-0.25, -0.2) is 0 Å². The second-order valence-corrected chi connectivity index (χ2v) is 8.15.